The first kappa shape index (κ1) is 31.3. The van der Waals surface area contributed by atoms with Crippen molar-refractivity contribution in [2.45, 2.75) is 96.0 Å². The highest BCUT2D eigenvalue weighted by molar-refractivity contribution is 5.73. The van der Waals surface area contributed by atoms with Crippen LogP contribution in [0.15, 0.2) is 0 Å². The van der Waals surface area contributed by atoms with Crippen LogP contribution in [0, 0.1) is 0 Å². The van der Waals surface area contributed by atoms with Gasteiger partial charge in [-0.05, 0) is 0 Å². The first-order valence-corrected chi connectivity index (χ1v) is 11.6. The van der Waals surface area contributed by atoms with Gasteiger partial charge in [0.05, 0.1) is 6.61 Å². The maximum absolute atomic E-state index is 12.0. The molecule has 2 rings (SSSR count). The van der Waals surface area contributed by atoms with E-state index >= 15 is 0 Å². The third-order valence-corrected chi connectivity index (χ3v) is 5.48. The lowest BCUT2D eigenvalue weighted by Crippen LogP contribution is -2.68. The molecule has 2 aliphatic heterocycles. The van der Waals surface area contributed by atoms with E-state index in [1.54, 1.807) is 0 Å². The Morgan fingerprint density at radius 1 is 0.737 bits per heavy atom. The lowest BCUT2D eigenvalue weighted by molar-refractivity contribution is -0.343. The van der Waals surface area contributed by atoms with Crippen molar-refractivity contribution in [3.05, 3.63) is 0 Å². The van der Waals surface area contributed by atoms with Gasteiger partial charge in [-0.25, -0.2) is 0 Å². The predicted molar refractivity (Wildman–Crippen MR) is 118 cm³/mol. The van der Waals surface area contributed by atoms with E-state index in [0.29, 0.717) is 0 Å². The maximum Gasteiger partial charge on any atom is 0.303 e. The van der Waals surface area contributed by atoms with Crippen molar-refractivity contribution in [3.8, 4) is 0 Å². The van der Waals surface area contributed by atoms with Crippen LogP contribution in [0.2, 0.25) is 0 Å². The molecule has 38 heavy (non-hydrogen) atoms. The Labute approximate surface area is 217 Å². The van der Waals surface area contributed by atoms with Crippen LogP contribution in [-0.4, -0.2) is 120 Å². The Morgan fingerprint density at radius 2 is 1.29 bits per heavy atom. The zero-order chi connectivity index (χ0) is 28.7. The van der Waals surface area contributed by atoms with E-state index in [2.05, 4.69) is 5.32 Å². The van der Waals surface area contributed by atoms with Crippen molar-refractivity contribution < 1.29 is 72.5 Å². The van der Waals surface area contributed by atoms with Crippen LogP contribution in [0.3, 0.4) is 0 Å². The summed E-state index contributed by atoms with van der Waals surface area (Å²) in [6, 6.07) is -1.41. The molecule has 2 heterocycles. The summed E-state index contributed by atoms with van der Waals surface area (Å²) in [5.41, 5.74) is 0. The van der Waals surface area contributed by atoms with Crippen LogP contribution >= 0.6 is 0 Å². The Balaban J connectivity index is 2.54. The van der Waals surface area contributed by atoms with E-state index in [0.717, 1.165) is 34.6 Å². The van der Waals surface area contributed by atoms with E-state index in [4.69, 9.17) is 33.2 Å². The molecular formula is C22H33NO15. The average molecular weight is 551 g/mol. The molecule has 2 saturated heterocycles. The van der Waals surface area contributed by atoms with Crippen molar-refractivity contribution in [3.63, 3.8) is 0 Å². The molecule has 2 aliphatic rings. The van der Waals surface area contributed by atoms with Gasteiger partial charge in [0.2, 0.25) is 5.91 Å². The van der Waals surface area contributed by atoms with Gasteiger partial charge < -0.3 is 53.8 Å². The van der Waals surface area contributed by atoms with Crippen LogP contribution in [-0.2, 0) is 57.1 Å². The molecule has 0 spiro atoms. The summed E-state index contributed by atoms with van der Waals surface area (Å²) in [6.45, 7) is 4.10. The standard InChI is InChI=1S/C22H33NO15/c1-8(25)23-15-18(16(30)13(6-24)36-21(15)31)38-22-20(35-12(5)29)19(34-11(4)28)17(33-10(3)27)14(37-22)7-32-9(2)26/h13-22,24,30-31H,6-7H2,1-5H3,(H,23,25)/t13-,14+,15-,16+,17-,18+,19-,20-,21-,22-/m0/s1. The fraction of sp³-hybridized carbons (Fsp3) is 0.773. The van der Waals surface area contributed by atoms with Gasteiger partial charge in [0.25, 0.3) is 0 Å². The van der Waals surface area contributed by atoms with Gasteiger partial charge >= 0.3 is 23.9 Å². The Hall–Kier alpha value is -2.89. The van der Waals surface area contributed by atoms with E-state index < -0.39 is 104 Å². The number of hydrogen-bond donors (Lipinski definition) is 4. The molecule has 0 bridgehead atoms. The van der Waals surface area contributed by atoms with Crippen LogP contribution in [0.25, 0.3) is 0 Å². The number of aliphatic hydroxyl groups excluding tert-OH is 3. The third kappa shape index (κ3) is 8.31. The summed E-state index contributed by atoms with van der Waals surface area (Å²) < 4.78 is 37.7. The Kier molecular flexibility index (Phi) is 11.4. The molecule has 0 unspecified atom stereocenters. The van der Waals surface area contributed by atoms with E-state index in [-0.39, 0.29) is 0 Å². The minimum Gasteiger partial charge on any atom is -0.463 e. The number of rotatable bonds is 9. The normalized spacial score (nSPS) is 34.9. The fourth-order valence-electron chi connectivity index (χ4n) is 4.09. The number of amides is 1. The van der Waals surface area contributed by atoms with Gasteiger partial charge in [-0.3, -0.25) is 24.0 Å². The molecule has 0 aromatic heterocycles. The molecule has 2 fully saturated rings. The SMILES string of the molecule is CC(=O)N[C@H]1[C@@H](O[C@@H]2O[C@H](COC(C)=O)[C@H](OC(C)=O)[C@H](OC(C)=O)[C@@H]2OC(C)=O)[C@H](O)[C@H](CO)O[C@@H]1O. The summed E-state index contributed by atoms with van der Waals surface area (Å²) in [6.07, 6.45) is -14.0. The van der Waals surface area contributed by atoms with Gasteiger partial charge in [-0.2, -0.15) is 0 Å². The smallest absolute Gasteiger partial charge is 0.303 e. The summed E-state index contributed by atoms with van der Waals surface area (Å²) in [5.74, 6) is -3.94. The van der Waals surface area contributed by atoms with Crippen LogP contribution < -0.4 is 5.32 Å². The molecule has 1 amide bonds. The van der Waals surface area contributed by atoms with Crippen LogP contribution in [0.4, 0.5) is 0 Å². The summed E-state index contributed by atoms with van der Waals surface area (Å²) in [7, 11) is 0. The number of carbonyl (C=O) groups is 5. The second-order valence-electron chi connectivity index (χ2n) is 8.63. The monoisotopic (exact) mass is 551 g/mol. The zero-order valence-electron chi connectivity index (χ0n) is 21.4. The second kappa shape index (κ2) is 13.8. The van der Waals surface area contributed by atoms with Gasteiger partial charge in [0, 0.05) is 34.6 Å². The number of carbonyl (C=O) groups excluding carboxylic acids is 5. The number of aliphatic hydroxyl groups is 3. The summed E-state index contributed by atoms with van der Waals surface area (Å²) >= 11 is 0. The molecular weight excluding hydrogens is 518 g/mol. The van der Waals surface area contributed by atoms with E-state index in [9.17, 15) is 39.3 Å². The van der Waals surface area contributed by atoms with Crippen LogP contribution in [0.5, 0.6) is 0 Å². The second-order valence-corrected chi connectivity index (χ2v) is 8.63. The van der Waals surface area contributed by atoms with Gasteiger partial charge in [0.15, 0.2) is 30.9 Å². The molecule has 10 atom stereocenters. The number of hydrogen-bond acceptors (Lipinski definition) is 15. The van der Waals surface area contributed by atoms with Crippen molar-refractivity contribution in [1.82, 2.24) is 5.32 Å². The highest BCUT2D eigenvalue weighted by Gasteiger charge is 2.55. The number of esters is 4. The van der Waals surface area contributed by atoms with Crippen molar-refractivity contribution >= 4 is 29.8 Å². The first-order valence-electron chi connectivity index (χ1n) is 11.6. The molecule has 0 aliphatic carbocycles. The lowest BCUT2D eigenvalue weighted by atomic mass is 9.95. The Morgan fingerprint density at radius 3 is 1.79 bits per heavy atom. The molecule has 0 saturated carbocycles. The molecule has 4 N–H and O–H groups in total. The van der Waals surface area contributed by atoms with Gasteiger partial charge in [-0.15, -0.1) is 0 Å². The lowest BCUT2D eigenvalue weighted by Gasteiger charge is -2.48. The highest BCUT2D eigenvalue weighted by Crippen LogP contribution is 2.33. The topological polar surface area (TPSA) is 223 Å². The van der Waals surface area contributed by atoms with Crippen molar-refractivity contribution in [2.24, 2.45) is 0 Å². The highest BCUT2D eigenvalue weighted by atomic mass is 16.7. The zero-order valence-corrected chi connectivity index (χ0v) is 21.4. The van der Waals surface area contributed by atoms with Gasteiger partial charge in [0.1, 0.15) is 37.1 Å². The number of ether oxygens (including phenoxy) is 7. The van der Waals surface area contributed by atoms with Crippen LogP contribution in [0.1, 0.15) is 34.6 Å². The summed E-state index contributed by atoms with van der Waals surface area (Å²) in [4.78, 5) is 59.0. The minimum absolute atomic E-state index is 0.523. The van der Waals surface area contributed by atoms with Crippen molar-refractivity contribution in [2.75, 3.05) is 13.2 Å². The predicted octanol–water partition coefficient (Wildman–Crippen LogP) is -2.97. The molecule has 0 aromatic carbocycles. The molecule has 216 valence electrons. The molecule has 16 heteroatoms. The average Bonchev–Trinajstić information content (AvgIpc) is 2.79. The quantitative estimate of drug-likeness (QED) is 0.166. The fourth-order valence-corrected chi connectivity index (χ4v) is 4.09. The number of nitrogens with one attached hydrogen (secondary N) is 1. The molecule has 16 nitrogen and oxygen atoms in total. The van der Waals surface area contributed by atoms with E-state index in [1.807, 2.05) is 0 Å². The minimum atomic E-state index is -1.75. The molecule has 0 aromatic rings. The van der Waals surface area contributed by atoms with Crippen molar-refractivity contribution in [1.29, 1.82) is 0 Å². The van der Waals surface area contributed by atoms with E-state index in [1.165, 1.54) is 0 Å². The Bertz CT molecular complexity index is 881. The first-order chi connectivity index (χ1) is 17.7. The third-order valence-electron chi connectivity index (χ3n) is 5.48. The van der Waals surface area contributed by atoms with Gasteiger partial charge in [-0.1, -0.05) is 0 Å². The largest absolute Gasteiger partial charge is 0.463 e. The summed E-state index contributed by atoms with van der Waals surface area (Å²) in [5, 5.41) is 33.1. The maximum atomic E-state index is 12.0. The molecule has 0 radical (unpaired) electrons.